The molecule has 0 spiro atoms. The second-order valence-corrected chi connectivity index (χ2v) is 3.37. The van der Waals surface area contributed by atoms with Crippen molar-refractivity contribution in [1.82, 2.24) is 0 Å². The van der Waals surface area contributed by atoms with Gasteiger partial charge in [-0.15, -0.1) is 0 Å². The van der Waals surface area contributed by atoms with Crippen LogP contribution in [0.25, 0.3) is 0 Å². The summed E-state index contributed by atoms with van der Waals surface area (Å²) in [7, 11) is 0. The van der Waals surface area contributed by atoms with Crippen molar-refractivity contribution in [3.05, 3.63) is 29.1 Å². The fourth-order valence-electron chi connectivity index (χ4n) is 1.35. The monoisotopic (exact) mass is 213 g/mol. The van der Waals surface area contributed by atoms with E-state index in [-0.39, 0.29) is 23.3 Å². The second kappa shape index (κ2) is 4.27. The van der Waals surface area contributed by atoms with Gasteiger partial charge in [-0.3, -0.25) is 4.79 Å². The number of carbonyl (C=O) groups is 1. The molecule has 4 N–H and O–H groups in total. The predicted octanol–water partition coefficient (Wildman–Crippen LogP) is 1.31. The molecule has 82 valence electrons. The Morgan fingerprint density at radius 3 is 2.73 bits per heavy atom. The Balaban J connectivity index is 3.07. The highest BCUT2D eigenvalue weighted by Gasteiger charge is 2.17. The summed E-state index contributed by atoms with van der Waals surface area (Å²) in [6, 6.07) is 1.45. The third-order valence-corrected chi connectivity index (χ3v) is 2.06. The molecule has 1 aromatic carbocycles. The summed E-state index contributed by atoms with van der Waals surface area (Å²) in [5, 5.41) is 17.7. The van der Waals surface area contributed by atoms with Gasteiger partial charge in [-0.2, -0.15) is 0 Å². The number of carboxylic acids is 1. The summed E-state index contributed by atoms with van der Waals surface area (Å²) >= 11 is 0. The fourth-order valence-corrected chi connectivity index (χ4v) is 1.35. The molecule has 1 atom stereocenters. The number of nitrogens with two attached hydrogens (primary N) is 1. The second-order valence-electron chi connectivity index (χ2n) is 3.37. The molecule has 1 rings (SSSR count). The van der Waals surface area contributed by atoms with E-state index in [4.69, 9.17) is 10.8 Å². The first-order valence-corrected chi connectivity index (χ1v) is 4.38. The van der Waals surface area contributed by atoms with Crippen LogP contribution in [0.5, 0.6) is 5.75 Å². The summed E-state index contributed by atoms with van der Waals surface area (Å²) in [6.07, 6.45) is -0.375. The topological polar surface area (TPSA) is 83.5 Å². The zero-order valence-electron chi connectivity index (χ0n) is 8.20. The van der Waals surface area contributed by atoms with Crippen molar-refractivity contribution in [3.8, 4) is 5.75 Å². The number of phenolic OH excluding ortho intramolecular Hbond substituents is 1. The average molecular weight is 213 g/mol. The maximum atomic E-state index is 13.5. The van der Waals surface area contributed by atoms with E-state index < -0.39 is 17.8 Å². The summed E-state index contributed by atoms with van der Waals surface area (Å²) in [5.41, 5.74) is 5.77. The maximum Gasteiger partial charge on any atom is 0.305 e. The molecular weight excluding hydrogens is 201 g/mol. The minimum absolute atomic E-state index is 0.0231. The van der Waals surface area contributed by atoms with Crippen LogP contribution in [0.1, 0.15) is 23.6 Å². The summed E-state index contributed by atoms with van der Waals surface area (Å²) in [5.74, 6) is -1.80. The number of aryl methyl sites for hydroxylation is 1. The molecule has 4 nitrogen and oxygen atoms in total. The number of aliphatic carboxylic acids is 1. The number of phenols is 1. The van der Waals surface area contributed by atoms with E-state index in [1.54, 1.807) is 0 Å². The van der Waals surface area contributed by atoms with E-state index in [0.717, 1.165) is 6.07 Å². The number of carboxylic acid groups (broad SMARTS) is 1. The smallest absolute Gasteiger partial charge is 0.305 e. The van der Waals surface area contributed by atoms with Crippen molar-refractivity contribution in [2.75, 3.05) is 0 Å². The first-order valence-electron chi connectivity index (χ1n) is 4.38. The quantitative estimate of drug-likeness (QED) is 0.706. The van der Waals surface area contributed by atoms with Gasteiger partial charge < -0.3 is 15.9 Å². The first-order chi connectivity index (χ1) is 6.91. The molecule has 0 radical (unpaired) electrons. The SMILES string of the molecule is Cc1cc(O)cc(C(N)CC(=O)O)c1F. The summed E-state index contributed by atoms with van der Waals surface area (Å²) in [6.45, 7) is 1.48. The average Bonchev–Trinajstić information content (AvgIpc) is 2.09. The Bertz CT molecular complexity index is 392. The molecule has 0 aromatic heterocycles. The van der Waals surface area contributed by atoms with E-state index in [2.05, 4.69) is 0 Å². The molecule has 0 saturated carbocycles. The summed E-state index contributed by atoms with van der Waals surface area (Å²) in [4.78, 5) is 10.4. The van der Waals surface area contributed by atoms with Gasteiger partial charge in [0.25, 0.3) is 0 Å². The van der Waals surface area contributed by atoms with E-state index in [1.807, 2.05) is 0 Å². The van der Waals surface area contributed by atoms with Crippen molar-refractivity contribution in [2.24, 2.45) is 5.73 Å². The zero-order valence-corrected chi connectivity index (χ0v) is 8.20. The Kier molecular flexibility index (Phi) is 3.26. The number of halogens is 1. The van der Waals surface area contributed by atoms with Gasteiger partial charge in [0.2, 0.25) is 0 Å². The van der Waals surface area contributed by atoms with Crippen LogP contribution in [0.15, 0.2) is 12.1 Å². The van der Waals surface area contributed by atoms with Crippen molar-refractivity contribution >= 4 is 5.97 Å². The van der Waals surface area contributed by atoms with E-state index in [9.17, 15) is 14.3 Å². The number of rotatable bonds is 3. The number of aromatic hydroxyl groups is 1. The lowest BCUT2D eigenvalue weighted by Gasteiger charge is -2.12. The molecule has 0 amide bonds. The Morgan fingerprint density at radius 2 is 2.20 bits per heavy atom. The van der Waals surface area contributed by atoms with E-state index in [0.29, 0.717) is 0 Å². The minimum Gasteiger partial charge on any atom is -0.508 e. The molecule has 5 heteroatoms. The largest absolute Gasteiger partial charge is 0.508 e. The van der Waals surface area contributed by atoms with Gasteiger partial charge in [0.1, 0.15) is 11.6 Å². The van der Waals surface area contributed by atoms with Gasteiger partial charge in [0.15, 0.2) is 0 Å². The lowest BCUT2D eigenvalue weighted by atomic mass is 10.0. The molecule has 1 aromatic rings. The summed E-state index contributed by atoms with van der Waals surface area (Å²) < 4.78 is 13.5. The van der Waals surface area contributed by atoms with Gasteiger partial charge in [0.05, 0.1) is 6.42 Å². The van der Waals surface area contributed by atoms with Crippen LogP contribution in [0.4, 0.5) is 4.39 Å². The number of benzene rings is 1. The highest BCUT2D eigenvalue weighted by Crippen LogP contribution is 2.25. The van der Waals surface area contributed by atoms with E-state index in [1.165, 1.54) is 13.0 Å². The highest BCUT2D eigenvalue weighted by molar-refractivity contribution is 5.68. The van der Waals surface area contributed by atoms with Gasteiger partial charge >= 0.3 is 5.97 Å². The van der Waals surface area contributed by atoms with Crippen LogP contribution in [-0.2, 0) is 4.79 Å². The molecule has 0 bridgehead atoms. The fraction of sp³-hybridized carbons (Fsp3) is 0.300. The molecule has 0 aliphatic carbocycles. The normalized spacial score (nSPS) is 12.5. The maximum absolute atomic E-state index is 13.5. The molecule has 0 heterocycles. The molecule has 1 unspecified atom stereocenters. The lowest BCUT2D eigenvalue weighted by molar-refractivity contribution is -0.137. The van der Waals surface area contributed by atoms with Gasteiger partial charge in [0, 0.05) is 11.6 Å². The van der Waals surface area contributed by atoms with Crippen molar-refractivity contribution in [3.63, 3.8) is 0 Å². The zero-order chi connectivity index (χ0) is 11.6. The van der Waals surface area contributed by atoms with Gasteiger partial charge in [-0.1, -0.05) is 0 Å². The van der Waals surface area contributed by atoms with Crippen molar-refractivity contribution < 1.29 is 19.4 Å². The number of hydrogen-bond acceptors (Lipinski definition) is 3. The van der Waals surface area contributed by atoms with Crippen LogP contribution in [0, 0.1) is 12.7 Å². The van der Waals surface area contributed by atoms with Crippen LogP contribution in [0.2, 0.25) is 0 Å². The molecule has 0 aliphatic heterocycles. The van der Waals surface area contributed by atoms with Gasteiger partial charge in [-0.05, 0) is 24.6 Å². The minimum atomic E-state index is -1.11. The third kappa shape index (κ3) is 2.66. The van der Waals surface area contributed by atoms with Gasteiger partial charge in [-0.25, -0.2) is 4.39 Å². The standard InChI is InChI=1S/C10H12FNO3/c1-5-2-6(13)3-7(10(5)11)8(12)4-9(14)15/h2-3,8,13H,4,12H2,1H3,(H,14,15). The van der Waals surface area contributed by atoms with Crippen LogP contribution < -0.4 is 5.73 Å². The van der Waals surface area contributed by atoms with Crippen LogP contribution in [0.3, 0.4) is 0 Å². The molecular formula is C10H12FNO3. The van der Waals surface area contributed by atoms with Crippen LogP contribution >= 0.6 is 0 Å². The van der Waals surface area contributed by atoms with Crippen molar-refractivity contribution in [1.29, 1.82) is 0 Å². The Hall–Kier alpha value is -1.62. The molecule has 0 aliphatic rings. The Labute approximate surface area is 86.1 Å². The Morgan fingerprint density at radius 1 is 1.60 bits per heavy atom. The van der Waals surface area contributed by atoms with Crippen molar-refractivity contribution in [2.45, 2.75) is 19.4 Å². The first kappa shape index (κ1) is 11.5. The third-order valence-electron chi connectivity index (χ3n) is 2.06. The molecule has 0 saturated heterocycles. The molecule has 15 heavy (non-hydrogen) atoms. The van der Waals surface area contributed by atoms with Crippen LogP contribution in [-0.4, -0.2) is 16.2 Å². The molecule has 0 fully saturated rings. The lowest BCUT2D eigenvalue weighted by Crippen LogP contribution is -2.16. The number of hydrogen-bond donors (Lipinski definition) is 3. The predicted molar refractivity (Wildman–Crippen MR) is 52.0 cm³/mol. The van der Waals surface area contributed by atoms with E-state index >= 15 is 0 Å². The highest BCUT2D eigenvalue weighted by atomic mass is 19.1.